The average Bonchev–Trinajstić information content (AvgIpc) is 3.40. The predicted molar refractivity (Wildman–Crippen MR) is 277 cm³/mol. The van der Waals surface area contributed by atoms with Gasteiger partial charge in [0, 0.05) is 86.5 Å². The minimum absolute atomic E-state index is 0.0585. The molecule has 0 unspecified atom stereocenters. The lowest BCUT2D eigenvalue weighted by atomic mass is 9.89. The molecule has 5 aliphatic rings. The van der Waals surface area contributed by atoms with E-state index in [-0.39, 0.29) is 49.6 Å². The Kier molecular flexibility index (Phi) is 20.9. The summed E-state index contributed by atoms with van der Waals surface area (Å²) in [5.74, 6) is -1.32. The molecule has 2 aromatic rings. The van der Waals surface area contributed by atoms with E-state index in [0.29, 0.717) is 52.7 Å². The summed E-state index contributed by atoms with van der Waals surface area (Å²) in [6.07, 6.45) is -15.6. The van der Waals surface area contributed by atoms with Crippen LogP contribution in [0.3, 0.4) is 0 Å². The normalized spacial score (nSPS) is 28.6. The Morgan fingerprint density at radius 3 is 2.08 bits per heavy atom. The van der Waals surface area contributed by atoms with Crippen LogP contribution < -0.4 is 25.5 Å². The summed E-state index contributed by atoms with van der Waals surface area (Å²) in [5, 5.41) is 101. The van der Waals surface area contributed by atoms with Crippen LogP contribution >= 0.6 is 0 Å². The number of aliphatic hydroxyl groups excluding tert-OH is 8. The highest BCUT2D eigenvalue weighted by Gasteiger charge is 2.53. The first-order chi connectivity index (χ1) is 36.8. The maximum atomic E-state index is 13.3. The van der Waals surface area contributed by atoms with Gasteiger partial charge in [-0.1, -0.05) is 31.7 Å². The Hall–Kier alpha value is -5.22. The Bertz CT molecular complexity index is 2660. The second kappa shape index (κ2) is 27.1. The van der Waals surface area contributed by atoms with Gasteiger partial charge in [0.1, 0.15) is 80.4 Å². The highest BCUT2D eigenvalue weighted by Crippen LogP contribution is 2.42. The average molecular weight is 1080 g/mol. The number of hydrogen-bond donors (Lipinski definition) is 11. The highest BCUT2D eigenvalue weighted by atomic mass is 16.8. The molecule has 2 aromatic carbocycles. The number of amides is 2. The number of nitrogens with one attached hydrogen (secondary N) is 2. The zero-order valence-electron chi connectivity index (χ0n) is 44.0. The Morgan fingerprint density at radius 1 is 0.701 bits per heavy atom. The van der Waals surface area contributed by atoms with Crippen LogP contribution in [0.1, 0.15) is 79.0 Å². The van der Waals surface area contributed by atoms with Crippen LogP contribution in [-0.4, -0.2) is 211 Å². The molecular formula is C54H75N4O19+. The number of anilines is 1. The van der Waals surface area contributed by atoms with E-state index in [0.717, 1.165) is 30.3 Å². The lowest BCUT2D eigenvalue weighted by Crippen LogP contribution is -2.66. The Balaban J connectivity index is 0.862. The summed E-state index contributed by atoms with van der Waals surface area (Å²) in [6.45, 7) is 0.531. The SMILES string of the molecule is C[C@@H]1O[C@@H](O[C@H]2[C@H](OCCCCCCCCC(=O)NCCNC(=O)c3ccc(-c4c5ccc(=[N+](C)C)cc-5oc5cc(N(C)C)ccc45)c(C(=O)O)c3)O[C@H](CO)[C@H](O)[C@@H]2O[C@H]2O[C@H](CO)[C@H](O)C[C@H]2O)[C@@H](O)[C@H](O)[C@@H]1O. The Labute approximate surface area is 445 Å². The van der Waals surface area contributed by atoms with E-state index in [1.54, 1.807) is 12.1 Å². The molecule has 4 aliphatic heterocycles. The third-order valence-electron chi connectivity index (χ3n) is 14.2. The number of fused-ring (bicyclic) bond motifs is 2. The first kappa shape index (κ1) is 59.4. The summed E-state index contributed by atoms with van der Waals surface area (Å²) in [4.78, 5) is 40.7. The van der Waals surface area contributed by atoms with Crippen molar-refractivity contribution in [2.24, 2.45) is 0 Å². The number of carboxylic acids is 1. The maximum absolute atomic E-state index is 13.3. The van der Waals surface area contributed by atoms with Crippen molar-refractivity contribution in [3.8, 4) is 22.5 Å². The first-order valence-electron chi connectivity index (χ1n) is 26.1. The molecule has 77 heavy (non-hydrogen) atoms. The number of benzene rings is 3. The van der Waals surface area contributed by atoms with Crippen molar-refractivity contribution in [1.29, 1.82) is 0 Å². The number of carbonyl (C=O) groups is 3. The molecule has 0 bridgehead atoms. The van der Waals surface area contributed by atoms with Crippen molar-refractivity contribution in [2.75, 3.05) is 66.0 Å². The fraction of sp³-hybridized carbons (Fsp3) is 0.593. The summed E-state index contributed by atoms with van der Waals surface area (Å²) < 4.78 is 43.6. The monoisotopic (exact) mass is 1080 g/mol. The second-order valence-corrected chi connectivity index (χ2v) is 20.2. The van der Waals surface area contributed by atoms with E-state index in [9.17, 15) is 60.3 Å². The molecule has 23 nitrogen and oxygen atoms in total. The minimum atomic E-state index is -1.76. The van der Waals surface area contributed by atoms with Crippen LogP contribution in [0.2, 0.25) is 0 Å². The minimum Gasteiger partial charge on any atom is -0.478 e. The fourth-order valence-electron chi connectivity index (χ4n) is 9.72. The van der Waals surface area contributed by atoms with Gasteiger partial charge in [-0.05, 0) is 55.7 Å². The number of aromatic carboxylic acids is 1. The van der Waals surface area contributed by atoms with E-state index in [1.165, 1.54) is 13.0 Å². The molecule has 424 valence electrons. The van der Waals surface area contributed by atoms with Crippen LogP contribution in [-0.2, 0) is 33.2 Å². The first-order valence-corrected chi connectivity index (χ1v) is 26.1. The van der Waals surface area contributed by atoms with Gasteiger partial charge >= 0.3 is 5.97 Å². The van der Waals surface area contributed by atoms with Crippen LogP contribution in [0.15, 0.2) is 59.0 Å². The molecule has 3 fully saturated rings. The van der Waals surface area contributed by atoms with Gasteiger partial charge < -0.3 is 94.3 Å². The van der Waals surface area contributed by atoms with Crippen molar-refractivity contribution in [3.05, 3.63) is 71.1 Å². The number of carboxylic acid groups (broad SMARTS) is 1. The number of aliphatic hydroxyl groups is 8. The number of hydrogen-bond acceptors (Lipinski definition) is 19. The zero-order valence-corrected chi connectivity index (χ0v) is 44.0. The quantitative estimate of drug-likeness (QED) is 0.0267. The van der Waals surface area contributed by atoms with Gasteiger partial charge in [0.05, 0.1) is 37.1 Å². The van der Waals surface area contributed by atoms with Gasteiger partial charge in [0.2, 0.25) is 11.3 Å². The van der Waals surface area contributed by atoms with Crippen molar-refractivity contribution in [1.82, 2.24) is 15.2 Å². The third-order valence-corrected chi connectivity index (χ3v) is 14.2. The Morgan fingerprint density at radius 2 is 1.38 bits per heavy atom. The number of ether oxygens (including phenoxy) is 6. The second-order valence-electron chi connectivity index (χ2n) is 20.2. The molecule has 4 heterocycles. The molecule has 11 N–H and O–H groups in total. The molecule has 23 heteroatoms. The summed E-state index contributed by atoms with van der Waals surface area (Å²) in [6, 6.07) is 16.1. The number of carbonyl (C=O) groups excluding carboxylic acids is 2. The van der Waals surface area contributed by atoms with Crippen LogP contribution in [0.25, 0.3) is 33.4 Å². The summed E-state index contributed by atoms with van der Waals surface area (Å²) in [5.41, 5.74) is 3.36. The van der Waals surface area contributed by atoms with Gasteiger partial charge in [0.25, 0.3) is 5.91 Å². The van der Waals surface area contributed by atoms with E-state index in [1.807, 2.05) is 74.1 Å². The number of rotatable bonds is 23. The molecule has 1 aliphatic carbocycles. The molecule has 0 radical (unpaired) electrons. The molecule has 0 spiro atoms. The van der Waals surface area contributed by atoms with E-state index in [4.69, 9.17) is 32.8 Å². The molecule has 0 aromatic heterocycles. The molecule has 3 saturated heterocycles. The van der Waals surface area contributed by atoms with Gasteiger partial charge in [-0.15, -0.1) is 0 Å². The number of nitrogens with zero attached hydrogens (tertiary/aromatic N) is 2. The van der Waals surface area contributed by atoms with Crippen molar-refractivity contribution in [3.63, 3.8) is 0 Å². The van der Waals surface area contributed by atoms with E-state index < -0.39 is 111 Å². The largest absolute Gasteiger partial charge is 0.478 e. The molecule has 0 saturated carbocycles. The van der Waals surface area contributed by atoms with E-state index in [2.05, 4.69) is 10.6 Å². The lowest BCUT2D eigenvalue weighted by Gasteiger charge is -2.48. The molecular weight excluding hydrogens is 1010 g/mol. The van der Waals surface area contributed by atoms with E-state index >= 15 is 0 Å². The maximum Gasteiger partial charge on any atom is 0.336 e. The molecule has 7 rings (SSSR count). The topological polar surface area (TPSA) is 332 Å². The van der Waals surface area contributed by atoms with Crippen LogP contribution in [0.5, 0.6) is 0 Å². The van der Waals surface area contributed by atoms with Crippen LogP contribution in [0.4, 0.5) is 5.69 Å². The van der Waals surface area contributed by atoms with Gasteiger partial charge in [-0.3, -0.25) is 9.59 Å². The zero-order chi connectivity index (χ0) is 55.7. The van der Waals surface area contributed by atoms with Crippen molar-refractivity contribution < 1.29 is 93.2 Å². The van der Waals surface area contributed by atoms with Gasteiger partial charge in [0.15, 0.2) is 18.9 Å². The number of unbranched alkanes of at least 4 members (excludes halogenated alkanes) is 5. The molecule has 14 atom stereocenters. The molecule has 2 amide bonds. The lowest BCUT2D eigenvalue weighted by molar-refractivity contribution is -0.386. The fourth-order valence-corrected chi connectivity index (χ4v) is 9.72. The van der Waals surface area contributed by atoms with Gasteiger partial charge in [-0.25, -0.2) is 9.37 Å². The van der Waals surface area contributed by atoms with Gasteiger partial charge in [-0.2, -0.15) is 0 Å². The van der Waals surface area contributed by atoms with Crippen LogP contribution in [0, 0.1) is 0 Å². The summed E-state index contributed by atoms with van der Waals surface area (Å²) >= 11 is 0. The van der Waals surface area contributed by atoms with Crippen molar-refractivity contribution in [2.45, 2.75) is 144 Å². The highest BCUT2D eigenvalue weighted by molar-refractivity contribution is 6.09. The standard InChI is InChI=1S/C54H74N4O19/c1-28-44(64)46(66)47(67)53(72-28)77-49-48(76-52-37(62)25-36(61)40(26-59)74-52)45(65)41(27-60)75-54(49)71-21-11-9-7-6-8-10-12-42(63)55-19-20-56-50(68)29-13-16-32(35(22-29)51(69)70)43-33-17-14-30(57(2)3)23-38(33)73-39-24-31(58(4)5)15-18-34(39)43/h13-18,22-24,28,36-37,40-41,44-49,52-54,59-62,64-67H,6-12,19-21,25-27H2,1-5H3,(H2-,55,56,63,68,69,70)/p+1/t28-,36+,37+,40+,41+,44+,45-,46+,47-,48-,49+,52+,53-,54+/m0/s1. The third kappa shape index (κ3) is 14.3. The van der Waals surface area contributed by atoms with Crippen molar-refractivity contribution >= 4 is 34.4 Å². The summed E-state index contributed by atoms with van der Waals surface area (Å²) in [7, 11) is 7.68. The predicted octanol–water partition coefficient (Wildman–Crippen LogP) is 0.0990. The smallest absolute Gasteiger partial charge is 0.336 e.